The van der Waals surface area contributed by atoms with E-state index < -0.39 is 0 Å². The van der Waals surface area contributed by atoms with Crippen LogP contribution in [0, 0.1) is 0 Å². The Morgan fingerprint density at radius 2 is 2.27 bits per heavy atom. The van der Waals surface area contributed by atoms with Gasteiger partial charge in [-0.05, 0) is 19.9 Å². The molecular weight excluding hydrogens is 279 g/mol. The van der Waals surface area contributed by atoms with Crippen LogP contribution in [0.3, 0.4) is 0 Å². The molecule has 0 aromatic heterocycles. The fourth-order valence-corrected chi connectivity index (χ4v) is 1.84. The van der Waals surface area contributed by atoms with Crippen LogP contribution in [0.5, 0.6) is 5.75 Å². The van der Waals surface area contributed by atoms with Gasteiger partial charge < -0.3 is 4.74 Å². The normalized spacial score (nSPS) is 12.3. The summed E-state index contributed by atoms with van der Waals surface area (Å²) in [5.74, 6) is 0.608. The largest absolute Gasteiger partial charge is 0.492 e. The third kappa shape index (κ3) is 2.95. The molecule has 0 aliphatic carbocycles. The summed E-state index contributed by atoms with van der Waals surface area (Å²) in [6, 6.07) is 5.38. The van der Waals surface area contributed by atoms with Gasteiger partial charge in [0.2, 0.25) is 0 Å². The Labute approximate surface area is 103 Å². The molecule has 1 aromatic carbocycles. The number of alkyl halides is 1. The summed E-state index contributed by atoms with van der Waals surface area (Å²) >= 11 is 9.32. The minimum Gasteiger partial charge on any atom is -0.492 e. The molecule has 82 valence electrons. The molecule has 2 nitrogen and oxygen atoms in total. The molecule has 0 amide bonds. The summed E-state index contributed by atoms with van der Waals surface area (Å²) in [6.45, 7) is 3.93. The van der Waals surface area contributed by atoms with Crippen molar-refractivity contribution in [2.75, 3.05) is 6.61 Å². The van der Waals surface area contributed by atoms with Crippen LogP contribution in [0.4, 0.5) is 0 Å². The van der Waals surface area contributed by atoms with Gasteiger partial charge in [0, 0.05) is 5.56 Å². The Kier molecular flexibility index (Phi) is 4.61. The zero-order valence-corrected chi connectivity index (χ0v) is 10.9. The van der Waals surface area contributed by atoms with Gasteiger partial charge in [0.15, 0.2) is 0 Å². The summed E-state index contributed by atoms with van der Waals surface area (Å²) in [7, 11) is 0. The van der Waals surface area contributed by atoms with E-state index in [-0.39, 0.29) is 10.6 Å². The van der Waals surface area contributed by atoms with Crippen LogP contribution in [-0.2, 0) is 4.79 Å². The maximum atomic E-state index is 11.3. The maximum absolute atomic E-state index is 11.3. The van der Waals surface area contributed by atoms with Crippen LogP contribution in [0.15, 0.2) is 18.2 Å². The van der Waals surface area contributed by atoms with Crippen LogP contribution in [0.1, 0.15) is 24.2 Å². The van der Waals surface area contributed by atoms with Gasteiger partial charge in [0.25, 0.3) is 0 Å². The molecule has 1 atom stereocenters. The van der Waals surface area contributed by atoms with Crippen LogP contribution in [0.2, 0.25) is 5.02 Å². The molecule has 15 heavy (non-hydrogen) atoms. The number of para-hydroxylation sites is 1. The van der Waals surface area contributed by atoms with E-state index in [1.807, 2.05) is 13.0 Å². The molecule has 4 heteroatoms. The van der Waals surface area contributed by atoms with E-state index in [1.165, 1.54) is 6.92 Å². The molecule has 0 radical (unpaired) electrons. The Bertz CT molecular complexity index is 366. The fourth-order valence-electron chi connectivity index (χ4n) is 1.24. The van der Waals surface area contributed by atoms with Crippen LogP contribution >= 0.6 is 27.5 Å². The standard InChI is InChI=1S/C11H12BrClO2/c1-3-15-11-8(10(12)7(2)14)5-4-6-9(11)13/h4-6,10H,3H2,1-2H3. The lowest BCUT2D eigenvalue weighted by Crippen LogP contribution is -2.05. The monoisotopic (exact) mass is 290 g/mol. The highest BCUT2D eigenvalue weighted by molar-refractivity contribution is 9.09. The van der Waals surface area contributed by atoms with Gasteiger partial charge in [-0.2, -0.15) is 0 Å². The minimum absolute atomic E-state index is 0.0261. The lowest BCUT2D eigenvalue weighted by molar-refractivity contribution is -0.116. The topological polar surface area (TPSA) is 26.3 Å². The zero-order valence-electron chi connectivity index (χ0n) is 8.59. The molecule has 0 fully saturated rings. The maximum Gasteiger partial charge on any atom is 0.147 e. The molecular formula is C11H12BrClO2. The first-order valence-electron chi connectivity index (χ1n) is 4.63. The highest BCUT2D eigenvalue weighted by atomic mass is 79.9. The van der Waals surface area contributed by atoms with Gasteiger partial charge in [-0.1, -0.05) is 39.7 Å². The summed E-state index contributed by atoms with van der Waals surface area (Å²) in [6.07, 6.45) is 0. The summed E-state index contributed by atoms with van der Waals surface area (Å²) in [4.78, 5) is 10.9. The van der Waals surface area contributed by atoms with Gasteiger partial charge in [0.05, 0.1) is 11.6 Å². The van der Waals surface area contributed by atoms with E-state index in [0.29, 0.717) is 17.4 Å². The van der Waals surface area contributed by atoms with Crippen molar-refractivity contribution in [3.8, 4) is 5.75 Å². The fraction of sp³-hybridized carbons (Fsp3) is 0.364. The number of carbonyl (C=O) groups is 1. The number of benzene rings is 1. The number of hydrogen-bond acceptors (Lipinski definition) is 2. The summed E-state index contributed by atoms with van der Waals surface area (Å²) in [5.41, 5.74) is 0.775. The smallest absolute Gasteiger partial charge is 0.147 e. The quantitative estimate of drug-likeness (QED) is 0.790. The van der Waals surface area contributed by atoms with Crippen LogP contribution in [-0.4, -0.2) is 12.4 Å². The molecule has 1 rings (SSSR count). The van der Waals surface area contributed by atoms with Crippen LogP contribution < -0.4 is 4.74 Å². The Hall–Kier alpha value is -0.540. The van der Waals surface area contributed by atoms with E-state index in [1.54, 1.807) is 12.1 Å². The predicted molar refractivity (Wildman–Crippen MR) is 65.0 cm³/mol. The number of Topliss-reactive ketones (excluding diaryl/α,β-unsaturated/α-hetero) is 1. The number of ether oxygens (including phenoxy) is 1. The third-order valence-electron chi connectivity index (χ3n) is 1.92. The molecule has 1 unspecified atom stereocenters. The molecule has 0 spiro atoms. The van der Waals surface area contributed by atoms with Gasteiger partial charge in [-0.3, -0.25) is 4.79 Å². The average Bonchev–Trinajstić information content (AvgIpc) is 2.20. The van der Waals surface area contributed by atoms with Gasteiger partial charge >= 0.3 is 0 Å². The Balaban J connectivity index is 3.15. The SMILES string of the molecule is CCOc1c(Cl)cccc1C(Br)C(C)=O. The second-order valence-electron chi connectivity index (χ2n) is 3.06. The number of rotatable bonds is 4. The minimum atomic E-state index is -0.363. The van der Waals surface area contributed by atoms with Crippen molar-refractivity contribution in [3.63, 3.8) is 0 Å². The van der Waals surface area contributed by atoms with E-state index in [2.05, 4.69) is 15.9 Å². The van der Waals surface area contributed by atoms with Crippen molar-refractivity contribution >= 4 is 33.3 Å². The van der Waals surface area contributed by atoms with Crippen molar-refractivity contribution in [2.45, 2.75) is 18.7 Å². The van der Waals surface area contributed by atoms with E-state index >= 15 is 0 Å². The zero-order chi connectivity index (χ0) is 11.4. The third-order valence-corrected chi connectivity index (χ3v) is 3.35. The average molecular weight is 292 g/mol. The first-order valence-corrected chi connectivity index (χ1v) is 5.93. The first kappa shape index (κ1) is 12.5. The molecule has 1 aromatic rings. The first-order chi connectivity index (χ1) is 7.07. The highest BCUT2D eigenvalue weighted by Gasteiger charge is 2.19. The molecule has 0 N–H and O–H groups in total. The van der Waals surface area contributed by atoms with Crippen LogP contribution in [0.25, 0.3) is 0 Å². The molecule has 0 heterocycles. The second-order valence-corrected chi connectivity index (χ2v) is 4.39. The van der Waals surface area contributed by atoms with Crippen molar-refractivity contribution in [1.82, 2.24) is 0 Å². The lowest BCUT2D eigenvalue weighted by Gasteiger charge is -2.14. The summed E-state index contributed by atoms with van der Waals surface area (Å²) < 4.78 is 5.42. The van der Waals surface area contributed by atoms with Gasteiger partial charge in [-0.25, -0.2) is 0 Å². The van der Waals surface area contributed by atoms with Gasteiger partial charge in [-0.15, -0.1) is 0 Å². The number of hydrogen-bond donors (Lipinski definition) is 0. The lowest BCUT2D eigenvalue weighted by atomic mass is 10.1. The van der Waals surface area contributed by atoms with Crippen molar-refractivity contribution in [2.24, 2.45) is 0 Å². The second kappa shape index (κ2) is 5.52. The van der Waals surface area contributed by atoms with Crippen molar-refractivity contribution in [3.05, 3.63) is 28.8 Å². The van der Waals surface area contributed by atoms with Gasteiger partial charge in [0.1, 0.15) is 16.4 Å². The summed E-state index contributed by atoms with van der Waals surface area (Å²) in [5, 5.41) is 0.528. The van der Waals surface area contributed by atoms with E-state index in [0.717, 1.165) is 5.56 Å². The van der Waals surface area contributed by atoms with E-state index in [4.69, 9.17) is 16.3 Å². The van der Waals surface area contributed by atoms with E-state index in [9.17, 15) is 4.79 Å². The Morgan fingerprint density at radius 1 is 1.60 bits per heavy atom. The molecule has 0 aliphatic heterocycles. The number of halogens is 2. The molecule has 0 saturated heterocycles. The Morgan fingerprint density at radius 3 is 2.80 bits per heavy atom. The molecule has 0 bridgehead atoms. The highest BCUT2D eigenvalue weighted by Crippen LogP contribution is 2.36. The number of ketones is 1. The predicted octanol–water partition coefficient (Wildman–Crippen LogP) is 3.76. The van der Waals surface area contributed by atoms with Crippen molar-refractivity contribution < 1.29 is 9.53 Å². The number of carbonyl (C=O) groups excluding carboxylic acids is 1. The van der Waals surface area contributed by atoms with Crippen molar-refractivity contribution in [1.29, 1.82) is 0 Å². The molecule has 0 aliphatic rings. The molecule has 0 saturated carbocycles.